The molecular formula is C27H35N5O6. The number of aromatic nitrogens is 3. The van der Waals surface area contributed by atoms with E-state index in [1.807, 2.05) is 24.3 Å². The normalized spacial score (nSPS) is 27.6. The number of fused-ring (bicyclic) bond motifs is 2. The van der Waals surface area contributed by atoms with Gasteiger partial charge in [-0.25, -0.2) is 4.68 Å². The van der Waals surface area contributed by atoms with Gasteiger partial charge in [0.1, 0.15) is 23.8 Å². The first kappa shape index (κ1) is 26.3. The number of esters is 1. The van der Waals surface area contributed by atoms with Crippen molar-refractivity contribution in [3.8, 4) is 0 Å². The largest absolute Gasteiger partial charge is 0.466 e. The molecular weight excluding hydrogens is 490 g/mol. The highest BCUT2D eigenvalue weighted by atomic mass is 16.6. The third kappa shape index (κ3) is 4.27. The molecule has 3 aliphatic rings. The second kappa shape index (κ2) is 10.8. The fraction of sp³-hybridized carbons (Fsp3) is 0.593. The Balaban J connectivity index is 1.48. The number of carbonyl (C=O) groups excluding carboxylic acids is 3. The van der Waals surface area contributed by atoms with Crippen molar-refractivity contribution in [1.82, 2.24) is 24.8 Å². The van der Waals surface area contributed by atoms with E-state index in [-0.39, 0.29) is 38.2 Å². The molecule has 0 aliphatic carbocycles. The van der Waals surface area contributed by atoms with Crippen LogP contribution in [0.25, 0.3) is 11.0 Å². The van der Waals surface area contributed by atoms with Crippen molar-refractivity contribution >= 4 is 28.8 Å². The van der Waals surface area contributed by atoms with Crippen LogP contribution in [0, 0.1) is 11.8 Å². The number of aliphatic hydroxyl groups excluding tert-OH is 1. The van der Waals surface area contributed by atoms with Crippen molar-refractivity contribution in [2.45, 2.75) is 63.4 Å². The highest BCUT2D eigenvalue weighted by Gasteiger charge is 2.75. The quantitative estimate of drug-likeness (QED) is 0.251. The predicted octanol–water partition coefficient (Wildman–Crippen LogP) is 1.50. The smallest absolute Gasteiger partial charge is 0.312 e. The van der Waals surface area contributed by atoms with Gasteiger partial charge in [-0.05, 0) is 51.2 Å². The van der Waals surface area contributed by atoms with Crippen LogP contribution in [0.4, 0.5) is 0 Å². The molecule has 5 atom stereocenters. The standard InChI is InChI=1S/C27H35N5O6/c1-3-14-30(17-32-19-11-7-6-10-18(19)28-29-32)25(35)23-27-13-12-20(38-27)21(26(36)37-4-2)22(27)24(34)31(23)15-8-5-9-16-33/h3,6-7,10-11,20-23,33H,1,4-5,8-9,12-17H2,2H3/t20-,21+,22+,23?,27?/m1/s1. The second-order valence-electron chi connectivity index (χ2n) is 10.2. The van der Waals surface area contributed by atoms with Gasteiger partial charge < -0.3 is 24.4 Å². The van der Waals surface area contributed by atoms with Crippen molar-refractivity contribution in [2.75, 3.05) is 26.3 Å². The monoisotopic (exact) mass is 525 g/mol. The molecule has 1 N–H and O–H groups in total. The van der Waals surface area contributed by atoms with Gasteiger partial charge >= 0.3 is 5.97 Å². The molecule has 2 aromatic rings. The number of nitrogens with zero attached hydrogens (tertiary/aromatic N) is 5. The van der Waals surface area contributed by atoms with Crippen LogP contribution >= 0.6 is 0 Å². The van der Waals surface area contributed by atoms with E-state index in [0.717, 1.165) is 5.52 Å². The Labute approximate surface area is 221 Å². The van der Waals surface area contributed by atoms with Gasteiger partial charge in [-0.1, -0.05) is 23.4 Å². The summed E-state index contributed by atoms with van der Waals surface area (Å²) < 4.78 is 13.4. The predicted molar refractivity (Wildman–Crippen MR) is 136 cm³/mol. The summed E-state index contributed by atoms with van der Waals surface area (Å²) in [5.74, 6) is -2.43. The van der Waals surface area contributed by atoms with E-state index >= 15 is 0 Å². The maximum Gasteiger partial charge on any atom is 0.312 e. The van der Waals surface area contributed by atoms with Crippen LogP contribution < -0.4 is 0 Å². The number of rotatable bonds is 12. The summed E-state index contributed by atoms with van der Waals surface area (Å²) in [5.41, 5.74) is 0.417. The summed E-state index contributed by atoms with van der Waals surface area (Å²) in [6, 6.07) is 6.62. The van der Waals surface area contributed by atoms with Crippen molar-refractivity contribution in [1.29, 1.82) is 0 Å². The third-order valence-electron chi connectivity index (χ3n) is 8.04. The Hall–Kier alpha value is -3.31. The van der Waals surface area contributed by atoms with Crippen LogP contribution in [0.3, 0.4) is 0 Å². The van der Waals surface area contributed by atoms with E-state index in [9.17, 15) is 19.5 Å². The summed E-state index contributed by atoms with van der Waals surface area (Å²) in [4.78, 5) is 44.4. The number of ether oxygens (including phenoxy) is 2. The summed E-state index contributed by atoms with van der Waals surface area (Å²) in [6.45, 7) is 6.55. The zero-order valence-electron chi connectivity index (χ0n) is 21.7. The Morgan fingerprint density at radius 1 is 1.32 bits per heavy atom. The summed E-state index contributed by atoms with van der Waals surface area (Å²) >= 11 is 0. The minimum absolute atomic E-state index is 0.0670. The molecule has 11 heteroatoms. The molecule has 2 bridgehead atoms. The van der Waals surface area contributed by atoms with Crippen molar-refractivity contribution in [3.63, 3.8) is 0 Å². The Kier molecular flexibility index (Phi) is 7.49. The van der Waals surface area contributed by atoms with Gasteiger partial charge in [-0.2, -0.15) is 0 Å². The number of carbonyl (C=O) groups is 3. The van der Waals surface area contributed by atoms with E-state index in [1.54, 1.807) is 27.5 Å². The molecule has 1 aromatic carbocycles. The summed E-state index contributed by atoms with van der Waals surface area (Å²) in [5, 5.41) is 17.6. The van der Waals surface area contributed by atoms with Crippen LogP contribution in [0.15, 0.2) is 36.9 Å². The number of unbranched alkanes of at least 4 members (excludes halogenated alkanes) is 2. The molecule has 3 aliphatic heterocycles. The molecule has 204 valence electrons. The number of amides is 2. The maximum absolute atomic E-state index is 14.4. The van der Waals surface area contributed by atoms with Gasteiger partial charge in [0, 0.05) is 19.7 Å². The SMILES string of the molecule is C=CCN(Cn1nnc2ccccc21)C(=O)C1N(CCCCCO)C(=O)[C@@H]2[C@@H](C(=O)OCC)[C@H]3CCC12O3. The van der Waals surface area contributed by atoms with Crippen LogP contribution in [0.5, 0.6) is 0 Å². The Bertz CT molecular complexity index is 1220. The summed E-state index contributed by atoms with van der Waals surface area (Å²) in [7, 11) is 0. The van der Waals surface area contributed by atoms with Crippen molar-refractivity contribution < 1.29 is 29.0 Å². The van der Waals surface area contributed by atoms with Crippen molar-refractivity contribution in [3.05, 3.63) is 36.9 Å². The molecule has 2 unspecified atom stereocenters. The molecule has 3 saturated heterocycles. The first-order chi connectivity index (χ1) is 18.5. The zero-order chi connectivity index (χ0) is 26.9. The maximum atomic E-state index is 14.4. The van der Waals surface area contributed by atoms with Gasteiger partial charge in [0.15, 0.2) is 0 Å². The lowest BCUT2D eigenvalue weighted by atomic mass is 9.70. The van der Waals surface area contributed by atoms with Gasteiger partial charge in [-0.15, -0.1) is 11.7 Å². The fourth-order valence-corrected chi connectivity index (χ4v) is 6.48. The molecule has 1 aromatic heterocycles. The molecule has 5 rings (SSSR count). The van der Waals surface area contributed by atoms with Gasteiger partial charge in [0.2, 0.25) is 11.8 Å². The highest BCUT2D eigenvalue weighted by Crippen LogP contribution is 2.58. The number of likely N-dealkylation sites (tertiary alicyclic amines) is 1. The third-order valence-corrected chi connectivity index (χ3v) is 8.04. The molecule has 11 nitrogen and oxygen atoms in total. The van der Waals surface area contributed by atoms with E-state index in [0.29, 0.717) is 44.2 Å². The molecule has 2 amide bonds. The highest BCUT2D eigenvalue weighted by molar-refractivity contribution is 5.98. The minimum Gasteiger partial charge on any atom is -0.466 e. The van der Waals surface area contributed by atoms with Gasteiger partial charge in [0.25, 0.3) is 0 Å². The van der Waals surface area contributed by atoms with E-state index in [1.165, 1.54) is 0 Å². The Morgan fingerprint density at radius 2 is 2.13 bits per heavy atom. The molecule has 1 spiro atoms. The van der Waals surface area contributed by atoms with Crippen LogP contribution in [0.2, 0.25) is 0 Å². The molecule has 38 heavy (non-hydrogen) atoms. The molecule has 0 saturated carbocycles. The van der Waals surface area contributed by atoms with E-state index in [2.05, 4.69) is 16.9 Å². The van der Waals surface area contributed by atoms with Crippen LogP contribution in [-0.2, 0) is 30.5 Å². The van der Waals surface area contributed by atoms with E-state index in [4.69, 9.17) is 9.47 Å². The Morgan fingerprint density at radius 3 is 2.89 bits per heavy atom. The molecule has 0 radical (unpaired) electrons. The lowest BCUT2D eigenvalue weighted by molar-refractivity contribution is -0.155. The minimum atomic E-state index is -1.09. The average Bonchev–Trinajstić information content (AvgIpc) is 3.66. The zero-order valence-corrected chi connectivity index (χ0v) is 21.7. The number of aliphatic hydroxyl groups is 1. The van der Waals surface area contributed by atoms with Gasteiger partial charge in [0.05, 0.1) is 30.1 Å². The number of benzene rings is 1. The fourth-order valence-electron chi connectivity index (χ4n) is 6.48. The van der Waals surface area contributed by atoms with Gasteiger partial charge in [-0.3, -0.25) is 14.4 Å². The second-order valence-corrected chi connectivity index (χ2v) is 10.2. The number of hydrogen-bond acceptors (Lipinski definition) is 8. The van der Waals surface area contributed by atoms with Crippen molar-refractivity contribution in [2.24, 2.45) is 11.8 Å². The summed E-state index contributed by atoms with van der Waals surface area (Å²) in [6.07, 6.45) is 4.25. The first-order valence-corrected chi connectivity index (χ1v) is 13.4. The average molecular weight is 526 g/mol. The lowest BCUT2D eigenvalue weighted by Gasteiger charge is -2.36. The van der Waals surface area contributed by atoms with E-state index < -0.39 is 35.6 Å². The topological polar surface area (TPSA) is 127 Å². The van der Waals surface area contributed by atoms with Crippen LogP contribution in [-0.4, -0.2) is 91.7 Å². The van der Waals surface area contributed by atoms with Crippen LogP contribution in [0.1, 0.15) is 39.0 Å². The lowest BCUT2D eigenvalue weighted by Crippen LogP contribution is -2.56. The molecule has 3 fully saturated rings. The molecule has 4 heterocycles. The first-order valence-electron chi connectivity index (χ1n) is 13.4. The number of para-hydroxylation sites is 1. The number of hydrogen-bond donors (Lipinski definition) is 1.